The van der Waals surface area contributed by atoms with Gasteiger partial charge in [-0.15, -0.1) is 11.6 Å². The van der Waals surface area contributed by atoms with E-state index in [2.05, 4.69) is 30.9 Å². The number of alkyl halides is 1. The highest BCUT2D eigenvalue weighted by atomic mass is 35.5. The highest BCUT2D eigenvalue weighted by molar-refractivity contribution is 6.18. The highest BCUT2D eigenvalue weighted by Crippen LogP contribution is 2.26. The van der Waals surface area contributed by atoms with Crippen molar-refractivity contribution in [2.24, 2.45) is 0 Å². The fourth-order valence-corrected chi connectivity index (χ4v) is 3.09. The van der Waals surface area contributed by atoms with Crippen LogP contribution in [-0.2, 0) is 10.6 Å². The molecule has 2 aromatic rings. The number of para-hydroxylation sites is 1. The van der Waals surface area contributed by atoms with Crippen LogP contribution in [-0.4, -0.2) is 30.3 Å². The lowest BCUT2D eigenvalue weighted by atomic mass is 10.1. The topological polar surface area (TPSA) is 25.4 Å². The molecular weight excluding hydrogens is 272 g/mol. The van der Waals surface area contributed by atoms with Crippen LogP contribution in [0.4, 0.5) is 5.82 Å². The second kappa shape index (κ2) is 5.58. The number of hydrogen-bond acceptors (Lipinski definition) is 3. The molecule has 1 saturated heterocycles. The molecule has 0 radical (unpaired) electrons. The fraction of sp³-hybridized carbons (Fsp3) is 0.438. The molecule has 0 N–H and O–H groups in total. The average molecular weight is 291 g/mol. The van der Waals surface area contributed by atoms with E-state index in [1.807, 2.05) is 18.2 Å². The van der Waals surface area contributed by atoms with E-state index in [9.17, 15) is 0 Å². The molecule has 1 aromatic heterocycles. The Balaban J connectivity index is 2.03. The summed E-state index contributed by atoms with van der Waals surface area (Å²) >= 11 is 6.10. The van der Waals surface area contributed by atoms with E-state index < -0.39 is 0 Å². The molecule has 0 spiro atoms. The van der Waals surface area contributed by atoms with Gasteiger partial charge >= 0.3 is 0 Å². The Labute approximate surface area is 124 Å². The molecule has 0 bridgehead atoms. The normalized spacial score (nSPS) is 23.2. The molecule has 4 heteroatoms. The van der Waals surface area contributed by atoms with Crippen LogP contribution < -0.4 is 4.90 Å². The average Bonchev–Trinajstić information content (AvgIpc) is 2.45. The van der Waals surface area contributed by atoms with E-state index in [1.165, 1.54) is 0 Å². The Hall–Kier alpha value is -1.32. The zero-order valence-corrected chi connectivity index (χ0v) is 12.6. The third-order valence-electron chi connectivity index (χ3n) is 3.68. The molecule has 106 valence electrons. The van der Waals surface area contributed by atoms with Gasteiger partial charge in [0.15, 0.2) is 0 Å². The summed E-state index contributed by atoms with van der Waals surface area (Å²) in [5.74, 6) is 1.51. The van der Waals surface area contributed by atoms with Crippen molar-refractivity contribution in [1.29, 1.82) is 0 Å². The molecular formula is C16H19ClN2O. The smallest absolute Gasteiger partial charge is 0.129 e. The monoisotopic (exact) mass is 290 g/mol. The Kier molecular flexibility index (Phi) is 3.81. The van der Waals surface area contributed by atoms with Gasteiger partial charge in [-0.1, -0.05) is 18.2 Å². The summed E-state index contributed by atoms with van der Waals surface area (Å²) in [6, 6.07) is 10.3. The Morgan fingerprint density at radius 1 is 1.25 bits per heavy atom. The number of morpholine rings is 1. The third-order valence-corrected chi connectivity index (χ3v) is 3.96. The molecule has 0 unspecified atom stereocenters. The first-order valence-electron chi connectivity index (χ1n) is 7.02. The molecule has 1 fully saturated rings. The van der Waals surface area contributed by atoms with Crippen LogP contribution >= 0.6 is 11.6 Å². The van der Waals surface area contributed by atoms with Crippen LogP contribution in [0.1, 0.15) is 19.4 Å². The van der Waals surface area contributed by atoms with Crippen molar-refractivity contribution in [3.8, 4) is 0 Å². The summed E-state index contributed by atoms with van der Waals surface area (Å²) in [5, 5.41) is 1.14. The molecule has 2 atom stereocenters. The van der Waals surface area contributed by atoms with Crippen LogP contribution in [0.5, 0.6) is 0 Å². The minimum atomic E-state index is 0.228. The number of pyridine rings is 1. The van der Waals surface area contributed by atoms with Crippen molar-refractivity contribution in [2.45, 2.75) is 31.9 Å². The molecule has 0 amide bonds. The van der Waals surface area contributed by atoms with Gasteiger partial charge in [-0.25, -0.2) is 4.98 Å². The summed E-state index contributed by atoms with van der Waals surface area (Å²) < 4.78 is 5.79. The van der Waals surface area contributed by atoms with E-state index in [4.69, 9.17) is 21.3 Å². The van der Waals surface area contributed by atoms with Crippen molar-refractivity contribution >= 4 is 28.3 Å². The zero-order valence-electron chi connectivity index (χ0n) is 11.8. The molecule has 0 saturated carbocycles. The van der Waals surface area contributed by atoms with Gasteiger partial charge in [-0.05, 0) is 31.5 Å². The molecule has 3 nitrogen and oxygen atoms in total. The molecule has 20 heavy (non-hydrogen) atoms. The van der Waals surface area contributed by atoms with Gasteiger partial charge < -0.3 is 9.64 Å². The second-order valence-electron chi connectivity index (χ2n) is 5.45. The van der Waals surface area contributed by atoms with Crippen LogP contribution in [0.2, 0.25) is 0 Å². The fourth-order valence-electron chi connectivity index (χ4n) is 2.87. The lowest BCUT2D eigenvalue weighted by Crippen LogP contribution is -2.45. The first-order valence-corrected chi connectivity index (χ1v) is 7.56. The standard InChI is InChI=1S/C16H19ClN2O/c1-11-9-19(10-12(2)20-11)16-7-13(8-17)14-5-3-4-6-15(14)18-16/h3-7,11-12H,8-10H2,1-2H3/t11-,12+. The van der Waals surface area contributed by atoms with Crippen molar-refractivity contribution < 1.29 is 4.74 Å². The number of aromatic nitrogens is 1. The third kappa shape index (κ3) is 2.60. The van der Waals surface area contributed by atoms with Gasteiger partial charge in [0, 0.05) is 24.4 Å². The molecule has 1 aliphatic heterocycles. The molecule has 3 rings (SSSR count). The minimum absolute atomic E-state index is 0.228. The van der Waals surface area contributed by atoms with Crippen LogP contribution in [0, 0.1) is 0 Å². The van der Waals surface area contributed by atoms with E-state index in [1.54, 1.807) is 0 Å². The SMILES string of the molecule is C[C@@H]1CN(c2cc(CCl)c3ccccc3n2)C[C@H](C)O1. The number of benzene rings is 1. The Morgan fingerprint density at radius 3 is 2.65 bits per heavy atom. The van der Waals surface area contributed by atoms with Gasteiger partial charge in [-0.2, -0.15) is 0 Å². The van der Waals surface area contributed by atoms with Crippen molar-refractivity contribution in [1.82, 2.24) is 4.98 Å². The minimum Gasteiger partial charge on any atom is -0.372 e. The largest absolute Gasteiger partial charge is 0.372 e. The lowest BCUT2D eigenvalue weighted by Gasteiger charge is -2.36. The van der Waals surface area contributed by atoms with Crippen molar-refractivity contribution in [2.75, 3.05) is 18.0 Å². The summed E-state index contributed by atoms with van der Waals surface area (Å²) in [4.78, 5) is 7.08. The predicted molar refractivity (Wildman–Crippen MR) is 83.5 cm³/mol. The maximum atomic E-state index is 6.10. The number of halogens is 1. The van der Waals surface area contributed by atoms with Gasteiger partial charge in [-0.3, -0.25) is 0 Å². The quantitative estimate of drug-likeness (QED) is 0.791. The van der Waals surface area contributed by atoms with Crippen LogP contribution in [0.25, 0.3) is 10.9 Å². The predicted octanol–water partition coefficient (Wildman–Crippen LogP) is 3.59. The Morgan fingerprint density at radius 2 is 1.95 bits per heavy atom. The van der Waals surface area contributed by atoms with E-state index in [0.717, 1.165) is 35.4 Å². The molecule has 1 aliphatic rings. The summed E-state index contributed by atoms with van der Waals surface area (Å²) in [6.45, 7) is 5.95. The van der Waals surface area contributed by atoms with Gasteiger partial charge in [0.2, 0.25) is 0 Å². The van der Waals surface area contributed by atoms with Crippen molar-refractivity contribution in [3.05, 3.63) is 35.9 Å². The zero-order chi connectivity index (χ0) is 14.1. The summed E-state index contributed by atoms with van der Waals surface area (Å²) in [5.41, 5.74) is 2.14. The van der Waals surface area contributed by atoms with Crippen molar-refractivity contribution in [3.63, 3.8) is 0 Å². The van der Waals surface area contributed by atoms with E-state index in [-0.39, 0.29) is 12.2 Å². The van der Waals surface area contributed by atoms with Gasteiger partial charge in [0.05, 0.1) is 17.7 Å². The first kappa shape index (κ1) is 13.7. The summed E-state index contributed by atoms with van der Waals surface area (Å²) in [7, 11) is 0. The van der Waals surface area contributed by atoms with Crippen LogP contribution in [0.3, 0.4) is 0 Å². The molecule has 1 aromatic carbocycles. The number of ether oxygens (including phenoxy) is 1. The number of rotatable bonds is 2. The number of hydrogen-bond donors (Lipinski definition) is 0. The maximum absolute atomic E-state index is 6.10. The van der Waals surface area contributed by atoms with E-state index in [0.29, 0.717) is 5.88 Å². The second-order valence-corrected chi connectivity index (χ2v) is 5.72. The first-order chi connectivity index (χ1) is 9.67. The van der Waals surface area contributed by atoms with Gasteiger partial charge in [0.25, 0.3) is 0 Å². The lowest BCUT2D eigenvalue weighted by molar-refractivity contribution is -0.00544. The number of anilines is 1. The highest BCUT2D eigenvalue weighted by Gasteiger charge is 2.23. The van der Waals surface area contributed by atoms with Crippen LogP contribution in [0.15, 0.2) is 30.3 Å². The maximum Gasteiger partial charge on any atom is 0.129 e. The number of fused-ring (bicyclic) bond motifs is 1. The molecule has 0 aliphatic carbocycles. The van der Waals surface area contributed by atoms with E-state index >= 15 is 0 Å². The Bertz CT molecular complexity index is 606. The summed E-state index contributed by atoms with van der Waals surface area (Å²) in [6.07, 6.45) is 0.456. The van der Waals surface area contributed by atoms with Gasteiger partial charge in [0.1, 0.15) is 5.82 Å². The number of nitrogens with zero attached hydrogens (tertiary/aromatic N) is 2. The molecule has 2 heterocycles.